The molecule has 3 aliphatic heterocycles. The Bertz CT molecular complexity index is 2150. The first kappa shape index (κ1) is 39.1. The number of carbonyl (C=O) groups is 3. The van der Waals surface area contributed by atoms with Crippen LogP contribution in [-0.2, 0) is 11.2 Å². The van der Waals surface area contributed by atoms with E-state index in [0.717, 1.165) is 61.7 Å². The average molecular weight is 771 g/mol. The van der Waals surface area contributed by atoms with Gasteiger partial charge in [-0.15, -0.1) is 11.3 Å². The minimum Gasteiger partial charge on any atom is -0.381 e. The van der Waals surface area contributed by atoms with Gasteiger partial charge in [-0.25, -0.2) is 13.8 Å². The van der Waals surface area contributed by atoms with Crippen LogP contribution >= 0.6 is 11.3 Å². The van der Waals surface area contributed by atoms with Crippen LogP contribution in [0.15, 0.2) is 79.1 Å². The second-order valence-corrected chi connectivity index (χ2v) is 14.6. The van der Waals surface area contributed by atoms with Crippen molar-refractivity contribution in [3.63, 3.8) is 0 Å². The number of carbonyl (C=O) groups excluding carboxylic acids is 3. The number of amides is 2. The molecule has 2 aromatic carbocycles. The molecule has 6 heterocycles. The molecule has 0 aliphatic carbocycles. The maximum atomic E-state index is 14.0. The van der Waals surface area contributed by atoms with Gasteiger partial charge in [0, 0.05) is 68.8 Å². The van der Waals surface area contributed by atoms with E-state index in [1.807, 2.05) is 18.0 Å². The standard InChI is InChI=1S/C20H17F2N3OS.C20H21N3O3.CH3F/c1-11-4-3-5-14(22)17(11)24-20(26)16-8-12-6-7-25(2)15-9-13(21)10-23-18(15)19(12)27-16;24-12-15-3-5-16(6-4-15)22-19(25)17-2-1-9-21-18(17)23-13-20(14-23)7-10-26-11-8-20;1-2/h3-5,8-10H,6-7H2,1-2H3,(H,24,26);1-6,9,12H,7-8,10-11,13-14H2,(H,22,25);1H3. The summed E-state index contributed by atoms with van der Waals surface area (Å²) in [7, 11) is 2.39. The molecular weight excluding hydrogens is 730 g/mol. The quantitative estimate of drug-likeness (QED) is 0.167. The smallest absolute Gasteiger partial charge is 0.265 e. The van der Waals surface area contributed by atoms with Crippen molar-refractivity contribution in [2.75, 3.05) is 67.5 Å². The molecule has 0 atom stereocenters. The summed E-state index contributed by atoms with van der Waals surface area (Å²) in [6, 6.07) is 18.3. The lowest BCUT2D eigenvalue weighted by atomic mass is 9.73. The molecule has 2 N–H and O–H groups in total. The lowest BCUT2D eigenvalue weighted by Crippen LogP contribution is -2.59. The van der Waals surface area contributed by atoms with E-state index in [0.29, 0.717) is 64.2 Å². The third-order valence-electron chi connectivity index (χ3n) is 9.91. The molecule has 8 rings (SSSR count). The maximum Gasteiger partial charge on any atom is 0.265 e. The Morgan fingerprint density at radius 3 is 2.40 bits per heavy atom. The number of aromatic nitrogens is 2. The number of aldehydes is 1. The van der Waals surface area contributed by atoms with Crippen molar-refractivity contribution in [3.05, 3.63) is 118 Å². The molecule has 0 radical (unpaired) electrons. The van der Waals surface area contributed by atoms with Crippen LogP contribution in [0.3, 0.4) is 0 Å². The Balaban J connectivity index is 0.000000179. The number of thiophene rings is 1. The molecule has 1 spiro atoms. The van der Waals surface area contributed by atoms with Gasteiger partial charge in [0.1, 0.15) is 29.4 Å². The topological polar surface area (TPSA) is 117 Å². The molecule has 14 heteroatoms. The SMILES string of the molecule is CF.Cc1cccc(F)c1NC(=O)c1cc2c(s1)-c1ncc(F)cc1N(C)CC2.O=Cc1ccc(NC(=O)c2cccnc2N2CC3(CCOCC3)C2)cc1. The molecule has 2 saturated heterocycles. The highest BCUT2D eigenvalue weighted by molar-refractivity contribution is 7.17. The number of rotatable bonds is 6. The number of ether oxygens (including phenoxy) is 1. The molecule has 0 saturated carbocycles. The van der Waals surface area contributed by atoms with Gasteiger partial charge in [-0.3, -0.25) is 23.8 Å². The van der Waals surface area contributed by atoms with Crippen molar-refractivity contribution in [3.8, 4) is 10.6 Å². The number of benzene rings is 2. The molecule has 10 nitrogen and oxygen atoms in total. The van der Waals surface area contributed by atoms with Gasteiger partial charge in [0.25, 0.3) is 11.8 Å². The molecule has 2 amide bonds. The number of alkyl halides is 1. The van der Waals surface area contributed by atoms with Gasteiger partial charge in [-0.05, 0) is 85.8 Å². The second-order valence-electron chi connectivity index (χ2n) is 13.6. The number of halogens is 3. The van der Waals surface area contributed by atoms with Crippen LogP contribution in [-0.4, -0.2) is 75.1 Å². The van der Waals surface area contributed by atoms with Gasteiger partial charge in [0.05, 0.1) is 40.1 Å². The zero-order chi connectivity index (χ0) is 39.1. The predicted octanol–water partition coefficient (Wildman–Crippen LogP) is 7.99. The van der Waals surface area contributed by atoms with Crippen molar-refractivity contribution < 1.29 is 32.3 Å². The number of hydrogen-bond acceptors (Lipinski definition) is 9. The van der Waals surface area contributed by atoms with E-state index in [-0.39, 0.29) is 17.5 Å². The highest BCUT2D eigenvalue weighted by Gasteiger charge is 2.45. The minimum absolute atomic E-state index is 0.187. The predicted molar refractivity (Wildman–Crippen MR) is 209 cm³/mol. The third-order valence-corrected chi connectivity index (χ3v) is 11.1. The highest BCUT2D eigenvalue weighted by Crippen LogP contribution is 2.43. The Kier molecular flexibility index (Phi) is 12.3. The molecule has 3 aromatic heterocycles. The molecule has 55 heavy (non-hydrogen) atoms. The lowest BCUT2D eigenvalue weighted by Gasteiger charge is -2.53. The number of nitrogens with zero attached hydrogens (tertiary/aromatic N) is 4. The van der Waals surface area contributed by atoms with Crippen LogP contribution in [0.5, 0.6) is 0 Å². The summed E-state index contributed by atoms with van der Waals surface area (Å²) in [6.45, 7) is 5.91. The second kappa shape index (κ2) is 17.2. The monoisotopic (exact) mass is 770 g/mol. The van der Waals surface area contributed by atoms with Gasteiger partial charge in [0.2, 0.25) is 0 Å². The first-order valence-corrected chi connectivity index (χ1v) is 18.5. The van der Waals surface area contributed by atoms with Gasteiger partial charge in [-0.2, -0.15) is 0 Å². The lowest BCUT2D eigenvalue weighted by molar-refractivity contribution is -0.000510. The number of pyridine rings is 2. The fourth-order valence-corrected chi connectivity index (χ4v) is 8.01. The van der Waals surface area contributed by atoms with Crippen LogP contribution < -0.4 is 20.4 Å². The minimum atomic E-state index is -0.467. The molecule has 2 fully saturated rings. The van der Waals surface area contributed by atoms with Crippen LogP contribution in [0.4, 0.5) is 36.1 Å². The molecule has 0 bridgehead atoms. The summed E-state index contributed by atoms with van der Waals surface area (Å²) in [4.78, 5) is 50.3. The van der Waals surface area contributed by atoms with Crippen molar-refractivity contribution in [2.45, 2.75) is 26.2 Å². The molecule has 0 unspecified atom stereocenters. The first-order valence-electron chi connectivity index (χ1n) is 17.7. The number of aryl methyl sites for hydroxylation is 1. The van der Waals surface area contributed by atoms with E-state index < -0.39 is 11.6 Å². The number of nitrogens with one attached hydrogen (secondary N) is 2. The summed E-state index contributed by atoms with van der Waals surface area (Å²) in [5, 5.41) is 5.55. The van der Waals surface area contributed by atoms with Gasteiger partial charge < -0.3 is 25.2 Å². The average Bonchev–Trinajstić information content (AvgIpc) is 3.58. The van der Waals surface area contributed by atoms with E-state index in [9.17, 15) is 27.6 Å². The van der Waals surface area contributed by atoms with Crippen LogP contribution in [0.25, 0.3) is 10.6 Å². The van der Waals surface area contributed by atoms with Crippen molar-refractivity contribution in [2.24, 2.45) is 5.41 Å². The van der Waals surface area contributed by atoms with Gasteiger partial charge in [-0.1, -0.05) is 12.1 Å². The van der Waals surface area contributed by atoms with E-state index in [2.05, 4.69) is 25.5 Å². The largest absolute Gasteiger partial charge is 0.381 e. The summed E-state index contributed by atoms with van der Waals surface area (Å²) < 4.78 is 42.6. The summed E-state index contributed by atoms with van der Waals surface area (Å²) >= 11 is 1.29. The number of fused-ring (bicyclic) bond motifs is 3. The summed E-state index contributed by atoms with van der Waals surface area (Å²) in [5.74, 6) is -0.691. The zero-order valence-corrected chi connectivity index (χ0v) is 31.5. The summed E-state index contributed by atoms with van der Waals surface area (Å²) in [6.07, 6.45) is 6.54. The van der Waals surface area contributed by atoms with Gasteiger partial charge >= 0.3 is 0 Å². The van der Waals surface area contributed by atoms with Gasteiger partial charge in [0.15, 0.2) is 0 Å². The van der Waals surface area contributed by atoms with Crippen LogP contribution in [0.1, 0.15) is 54.4 Å². The molecule has 5 aromatic rings. The molecule has 286 valence electrons. The van der Waals surface area contributed by atoms with Crippen molar-refractivity contribution >= 4 is 52.3 Å². The Morgan fingerprint density at radius 2 is 1.69 bits per heavy atom. The Labute approximate surface area is 321 Å². The fraction of sp³-hybridized carbons (Fsp3) is 0.293. The van der Waals surface area contributed by atoms with E-state index >= 15 is 0 Å². The summed E-state index contributed by atoms with van der Waals surface area (Å²) in [5.41, 5.74) is 5.30. The number of para-hydroxylation sites is 1. The van der Waals surface area contributed by atoms with E-state index in [4.69, 9.17) is 4.74 Å². The number of anilines is 4. The molecule has 3 aliphatic rings. The van der Waals surface area contributed by atoms with Crippen molar-refractivity contribution in [1.82, 2.24) is 9.97 Å². The zero-order valence-electron chi connectivity index (χ0n) is 30.7. The highest BCUT2D eigenvalue weighted by atomic mass is 32.1. The van der Waals surface area contributed by atoms with Crippen molar-refractivity contribution in [1.29, 1.82) is 0 Å². The number of likely N-dealkylation sites (N-methyl/N-ethyl adjacent to an activating group) is 1. The first-order chi connectivity index (χ1) is 26.6. The van der Waals surface area contributed by atoms with Crippen LogP contribution in [0, 0.1) is 24.0 Å². The van der Waals surface area contributed by atoms with E-state index in [1.165, 1.54) is 29.7 Å². The molecular formula is C41H41F3N6O4S. The van der Waals surface area contributed by atoms with Crippen LogP contribution in [0.2, 0.25) is 0 Å². The fourth-order valence-electron chi connectivity index (χ4n) is 6.90. The maximum absolute atomic E-state index is 14.0. The number of hydrogen-bond donors (Lipinski definition) is 2. The Hall–Kier alpha value is -5.60. The third kappa shape index (κ3) is 8.71. The van der Waals surface area contributed by atoms with E-state index in [1.54, 1.807) is 61.7 Å². The Morgan fingerprint density at radius 1 is 0.945 bits per heavy atom. The normalized spacial score (nSPS) is 15.1.